The van der Waals surface area contributed by atoms with E-state index < -0.39 is 0 Å². The molecule has 2 aromatic heterocycles. The number of fused-ring (bicyclic) bond motifs is 2. The molecule has 5 aromatic rings. The zero-order valence-electron chi connectivity index (χ0n) is 15.5. The van der Waals surface area contributed by atoms with Gasteiger partial charge in [0.15, 0.2) is 0 Å². The quantitative estimate of drug-likeness (QED) is 0.469. The lowest BCUT2D eigenvalue weighted by Gasteiger charge is -2.09. The Hall–Kier alpha value is -3.66. The summed E-state index contributed by atoms with van der Waals surface area (Å²) in [5, 5.41) is 1.88. The van der Waals surface area contributed by atoms with E-state index in [2.05, 4.69) is 59.2 Å². The molecule has 0 spiro atoms. The van der Waals surface area contributed by atoms with Crippen LogP contribution in [0, 0.1) is 0 Å². The van der Waals surface area contributed by atoms with Crippen LogP contribution in [0.15, 0.2) is 90.1 Å². The number of rotatable bonds is 3. The highest BCUT2D eigenvalue weighted by molar-refractivity contribution is 5.85. The van der Waals surface area contributed by atoms with E-state index in [9.17, 15) is 4.79 Å². The van der Waals surface area contributed by atoms with E-state index >= 15 is 0 Å². The SMILES string of the molecule is Cn1ccc2ccc(-c3cccc(Cn4cnc5ccccc5c4=O)c3)cc21. The van der Waals surface area contributed by atoms with Crippen LogP contribution in [0.1, 0.15) is 5.56 Å². The lowest BCUT2D eigenvalue weighted by atomic mass is 10.0. The van der Waals surface area contributed by atoms with Crippen molar-refractivity contribution in [3.63, 3.8) is 0 Å². The average Bonchev–Trinajstić information content (AvgIpc) is 3.11. The lowest BCUT2D eigenvalue weighted by Crippen LogP contribution is -2.21. The molecule has 0 unspecified atom stereocenters. The van der Waals surface area contributed by atoms with Crippen LogP contribution in [0.2, 0.25) is 0 Å². The molecule has 2 heterocycles. The maximum atomic E-state index is 12.8. The molecule has 0 saturated heterocycles. The summed E-state index contributed by atoms with van der Waals surface area (Å²) in [5.74, 6) is 0. The van der Waals surface area contributed by atoms with Gasteiger partial charge >= 0.3 is 0 Å². The molecular weight excluding hydrogens is 346 g/mol. The standard InChI is InChI=1S/C24H19N3O/c1-26-12-11-18-9-10-20(14-23(18)26)19-6-4-5-17(13-19)15-27-16-25-22-8-3-2-7-21(22)24(27)28/h2-14,16H,15H2,1H3. The summed E-state index contributed by atoms with van der Waals surface area (Å²) in [6.45, 7) is 0.497. The zero-order valence-corrected chi connectivity index (χ0v) is 15.5. The number of benzene rings is 3. The molecule has 3 aromatic carbocycles. The van der Waals surface area contributed by atoms with Crippen molar-refractivity contribution in [2.75, 3.05) is 0 Å². The van der Waals surface area contributed by atoms with Crippen molar-refractivity contribution in [3.8, 4) is 11.1 Å². The minimum Gasteiger partial charge on any atom is -0.351 e. The van der Waals surface area contributed by atoms with E-state index in [1.165, 1.54) is 16.5 Å². The van der Waals surface area contributed by atoms with Crippen molar-refractivity contribution in [1.29, 1.82) is 0 Å². The van der Waals surface area contributed by atoms with Gasteiger partial charge < -0.3 is 4.57 Å². The second-order valence-corrected chi connectivity index (χ2v) is 7.10. The third kappa shape index (κ3) is 2.79. The number of aromatic nitrogens is 3. The molecule has 0 aliphatic heterocycles. The first-order valence-electron chi connectivity index (χ1n) is 9.28. The largest absolute Gasteiger partial charge is 0.351 e. The van der Waals surface area contributed by atoms with Crippen molar-refractivity contribution < 1.29 is 0 Å². The zero-order chi connectivity index (χ0) is 19.1. The minimum atomic E-state index is -0.0127. The number of nitrogens with zero attached hydrogens (tertiary/aromatic N) is 3. The van der Waals surface area contributed by atoms with Crippen LogP contribution in [0.5, 0.6) is 0 Å². The Balaban J connectivity index is 1.53. The van der Waals surface area contributed by atoms with Crippen molar-refractivity contribution in [2.24, 2.45) is 7.05 Å². The summed E-state index contributed by atoms with van der Waals surface area (Å²) >= 11 is 0. The Bertz CT molecular complexity index is 1380. The van der Waals surface area contributed by atoms with Crippen LogP contribution in [0.25, 0.3) is 32.9 Å². The second kappa shape index (κ2) is 6.50. The third-order valence-corrected chi connectivity index (χ3v) is 5.23. The molecule has 4 heteroatoms. The normalized spacial score (nSPS) is 11.3. The van der Waals surface area contributed by atoms with Crippen LogP contribution >= 0.6 is 0 Å². The average molecular weight is 365 g/mol. The Morgan fingerprint density at radius 3 is 2.68 bits per heavy atom. The van der Waals surface area contributed by atoms with Crippen molar-refractivity contribution in [2.45, 2.75) is 6.54 Å². The highest BCUT2D eigenvalue weighted by Gasteiger charge is 2.06. The highest BCUT2D eigenvalue weighted by atomic mass is 16.1. The van der Waals surface area contributed by atoms with Crippen molar-refractivity contribution >= 4 is 21.8 Å². The molecule has 5 rings (SSSR count). The molecule has 28 heavy (non-hydrogen) atoms. The maximum Gasteiger partial charge on any atom is 0.261 e. The van der Waals surface area contributed by atoms with Gasteiger partial charge in [0.1, 0.15) is 0 Å². The van der Waals surface area contributed by atoms with E-state index in [4.69, 9.17) is 0 Å². The fourth-order valence-electron chi connectivity index (χ4n) is 3.71. The molecule has 0 aliphatic carbocycles. The van der Waals surface area contributed by atoms with E-state index in [1.807, 2.05) is 36.4 Å². The molecule has 0 atom stereocenters. The molecular formula is C24H19N3O. The van der Waals surface area contributed by atoms with E-state index in [-0.39, 0.29) is 5.56 Å². The highest BCUT2D eigenvalue weighted by Crippen LogP contribution is 2.25. The van der Waals surface area contributed by atoms with E-state index in [0.717, 1.165) is 16.6 Å². The Labute approximate surface area is 162 Å². The Morgan fingerprint density at radius 2 is 1.75 bits per heavy atom. The molecule has 0 fully saturated rings. The van der Waals surface area contributed by atoms with Gasteiger partial charge in [-0.25, -0.2) is 4.98 Å². The molecule has 0 amide bonds. The lowest BCUT2D eigenvalue weighted by molar-refractivity contribution is 0.748. The maximum absolute atomic E-state index is 12.8. The van der Waals surface area contributed by atoms with E-state index in [1.54, 1.807) is 10.9 Å². The van der Waals surface area contributed by atoms with Gasteiger partial charge in [-0.05, 0) is 52.4 Å². The van der Waals surface area contributed by atoms with Gasteiger partial charge in [-0.1, -0.05) is 42.5 Å². The summed E-state index contributed by atoms with van der Waals surface area (Å²) in [5.41, 5.74) is 5.30. The van der Waals surface area contributed by atoms with Gasteiger partial charge in [0, 0.05) is 18.8 Å². The summed E-state index contributed by atoms with van der Waals surface area (Å²) in [6, 6.07) is 24.4. The van der Waals surface area contributed by atoms with Gasteiger partial charge in [0.25, 0.3) is 5.56 Å². The fourth-order valence-corrected chi connectivity index (χ4v) is 3.71. The number of aryl methyl sites for hydroxylation is 1. The van der Waals surface area contributed by atoms with Crippen LogP contribution in [-0.2, 0) is 13.6 Å². The van der Waals surface area contributed by atoms with Gasteiger partial charge in [0.2, 0.25) is 0 Å². The molecule has 136 valence electrons. The van der Waals surface area contributed by atoms with Gasteiger partial charge in [-0.2, -0.15) is 0 Å². The summed E-state index contributed by atoms with van der Waals surface area (Å²) in [4.78, 5) is 17.2. The molecule has 0 radical (unpaired) electrons. The summed E-state index contributed by atoms with van der Waals surface area (Å²) in [6.07, 6.45) is 3.71. The van der Waals surface area contributed by atoms with Crippen LogP contribution in [0.3, 0.4) is 0 Å². The minimum absolute atomic E-state index is 0.0127. The van der Waals surface area contributed by atoms with Gasteiger partial charge in [0.05, 0.1) is 23.8 Å². The molecule has 0 aliphatic rings. The van der Waals surface area contributed by atoms with Gasteiger partial charge in [-0.15, -0.1) is 0 Å². The number of para-hydroxylation sites is 1. The smallest absolute Gasteiger partial charge is 0.261 e. The van der Waals surface area contributed by atoms with Crippen molar-refractivity contribution in [3.05, 3.63) is 101 Å². The van der Waals surface area contributed by atoms with Crippen LogP contribution in [0.4, 0.5) is 0 Å². The molecule has 0 bridgehead atoms. The van der Waals surface area contributed by atoms with Crippen molar-refractivity contribution in [1.82, 2.24) is 14.1 Å². The number of hydrogen-bond acceptors (Lipinski definition) is 2. The molecule has 4 nitrogen and oxygen atoms in total. The number of hydrogen-bond donors (Lipinski definition) is 0. The third-order valence-electron chi connectivity index (χ3n) is 5.23. The second-order valence-electron chi connectivity index (χ2n) is 7.10. The van der Waals surface area contributed by atoms with E-state index in [0.29, 0.717) is 11.9 Å². The molecule has 0 saturated carbocycles. The summed E-state index contributed by atoms with van der Waals surface area (Å²) in [7, 11) is 2.06. The predicted octanol–water partition coefficient (Wildman–Crippen LogP) is 4.60. The van der Waals surface area contributed by atoms with Gasteiger partial charge in [-0.3, -0.25) is 9.36 Å². The first-order chi connectivity index (χ1) is 13.7. The predicted molar refractivity (Wildman–Crippen MR) is 113 cm³/mol. The first kappa shape index (κ1) is 16.5. The van der Waals surface area contributed by atoms with Crippen LogP contribution in [-0.4, -0.2) is 14.1 Å². The topological polar surface area (TPSA) is 39.8 Å². The first-order valence-corrected chi connectivity index (χ1v) is 9.28. The summed E-state index contributed by atoms with van der Waals surface area (Å²) < 4.78 is 3.80. The van der Waals surface area contributed by atoms with Crippen LogP contribution < -0.4 is 5.56 Å². The fraction of sp³-hybridized carbons (Fsp3) is 0.0833. The molecule has 0 N–H and O–H groups in total. The monoisotopic (exact) mass is 365 g/mol. The Kier molecular flexibility index (Phi) is 3.83. The Morgan fingerprint density at radius 1 is 0.893 bits per heavy atom.